The molecule has 2 rings (SSSR count). The second-order valence-electron chi connectivity index (χ2n) is 4.05. The van der Waals surface area contributed by atoms with E-state index < -0.39 is 0 Å². The highest BCUT2D eigenvalue weighted by Gasteiger charge is 2.42. The van der Waals surface area contributed by atoms with Crippen LogP contribution in [0.1, 0.15) is 31.6 Å². The van der Waals surface area contributed by atoms with Gasteiger partial charge >= 0.3 is 0 Å². The average molecular weight is 196 g/mol. The van der Waals surface area contributed by atoms with E-state index in [4.69, 9.17) is 0 Å². The lowest BCUT2D eigenvalue weighted by molar-refractivity contribution is -0.816. The van der Waals surface area contributed by atoms with Gasteiger partial charge < -0.3 is 0 Å². The first-order valence-corrected chi connectivity index (χ1v) is 5.38. The number of hydrogen-bond acceptors (Lipinski definition) is 2. The third-order valence-electron chi connectivity index (χ3n) is 2.61. The molecule has 13 heavy (non-hydrogen) atoms. The molecule has 1 N–H and O–H groups in total. The maximum absolute atomic E-state index is 9.89. The first-order valence-electron chi connectivity index (χ1n) is 4.50. The molecule has 0 fully saturated rings. The summed E-state index contributed by atoms with van der Waals surface area (Å²) in [5.74, 6) is 0. The van der Waals surface area contributed by atoms with Crippen molar-refractivity contribution in [3.05, 3.63) is 22.4 Å². The molecule has 0 aliphatic carbocycles. The van der Waals surface area contributed by atoms with Crippen LogP contribution < -0.4 is 0 Å². The van der Waals surface area contributed by atoms with E-state index in [0.29, 0.717) is 0 Å². The van der Waals surface area contributed by atoms with Crippen molar-refractivity contribution in [2.45, 2.75) is 32.2 Å². The molecular formula is C10H14NOS+. The van der Waals surface area contributed by atoms with Crippen molar-refractivity contribution in [3.63, 3.8) is 0 Å². The molecule has 2 heterocycles. The normalized spacial score (nSPS) is 21.1. The lowest BCUT2D eigenvalue weighted by Gasteiger charge is -2.08. The molecule has 0 amide bonds. The highest BCUT2D eigenvalue weighted by molar-refractivity contribution is 7.12. The molecular weight excluding hydrogens is 182 g/mol. The molecule has 0 aromatic carbocycles. The standard InChI is InChI=1S/C10H14NOS/c1-10(2)6-5-8(11(10)12)9-4-3-7-13-9/h3-4,7,12H,5-6H2,1-2H3/q+1. The summed E-state index contributed by atoms with van der Waals surface area (Å²) in [4.78, 5) is 1.19. The minimum Gasteiger partial charge on any atom is -0.290 e. The van der Waals surface area contributed by atoms with Gasteiger partial charge in [-0.15, -0.1) is 11.3 Å². The molecule has 1 aromatic rings. The molecule has 0 radical (unpaired) electrons. The quantitative estimate of drug-likeness (QED) is 0.541. The Morgan fingerprint density at radius 3 is 2.77 bits per heavy atom. The van der Waals surface area contributed by atoms with Gasteiger partial charge in [-0.05, 0) is 16.2 Å². The van der Waals surface area contributed by atoms with Gasteiger partial charge in [0.05, 0.1) is 4.88 Å². The van der Waals surface area contributed by atoms with E-state index >= 15 is 0 Å². The molecule has 70 valence electrons. The van der Waals surface area contributed by atoms with E-state index in [2.05, 4.69) is 19.9 Å². The van der Waals surface area contributed by atoms with Gasteiger partial charge in [0, 0.05) is 26.7 Å². The number of hydroxylamine groups is 1. The Morgan fingerprint density at radius 2 is 2.31 bits per heavy atom. The smallest absolute Gasteiger partial charge is 0.245 e. The topological polar surface area (TPSA) is 23.2 Å². The van der Waals surface area contributed by atoms with Crippen LogP contribution in [0.4, 0.5) is 0 Å². The monoisotopic (exact) mass is 196 g/mol. The molecule has 0 saturated heterocycles. The Morgan fingerprint density at radius 1 is 1.54 bits per heavy atom. The minimum absolute atomic E-state index is 0.0979. The predicted molar refractivity (Wildman–Crippen MR) is 53.8 cm³/mol. The Labute approximate surface area is 82.1 Å². The van der Waals surface area contributed by atoms with Gasteiger partial charge in [0.2, 0.25) is 11.3 Å². The fourth-order valence-corrected chi connectivity index (χ4v) is 2.46. The Bertz CT molecular complexity index is 338. The summed E-state index contributed by atoms with van der Waals surface area (Å²) in [6, 6.07) is 4.08. The van der Waals surface area contributed by atoms with Crippen LogP contribution in [0.3, 0.4) is 0 Å². The molecule has 1 aliphatic heterocycles. The van der Waals surface area contributed by atoms with Crippen LogP contribution in [-0.2, 0) is 0 Å². The Hall–Kier alpha value is -0.830. The number of thiophene rings is 1. The van der Waals surface area contributed by atoms with Crippen LogP contribution >= 0.6 is 11.3 Å². The lowest BCUT2D eigenvalue weighted by atomic mass is 10.0. The van der Waals surface area contributed by atoms with Crippen LogP contribution in [0.25, 0.3) is 0 Å². The molecule has 1 aliphatic rings. The van der Waals surface area contributed by atoms with Crippen LogP contribution in [-0.4, -0.2) is 21.2 Å². The van der Waals surface area contributed by atoms with Crippen LogP contribution in [0.5, 0.6) is 0 Å². The second kappa shape index (κ2) is 2.84. The lowest BCUT2D eigenvalue weighted by Crippen LogP contribution is -2.31. The third-order valence-corrected chi connectivity index (χ3v) is 3.53. The van der Waals surface area contributed by atoms with E-state index in [0.717, 1.165) is 18.6 Å². The number of rotatable bonds is 1. The minimum atomic E-state index is -0.0979. The Balaban J connectivity index is 2.41. The summed E-state index contributed by atoms with van der Waals surface area (Å²) in [5.41, 5.74) is 0.972. The zero-order valence-electron chi connectivity index (χ0n) is 7.95. The second-order valence-corrected chi connectivity index (χ2v) is 5.00. The van der Waals surface area contributed by atoms with Crippen LogP contribution in [0.2, 0.25) is 0 Å². The molecule has 2 nitrogen and oxygen atoms in total. The predicted octanol–water partition coefficient (Wildman–Crippen LogP) is 2.51. The molecule has 0 spiro atoms. The maximum Gasteiger partial charge on any atom is 0.245 e. The van der Waals surface area contributed by atoms with Gasteiger partial charge in [0.1, 0.15) is 0 Å². The summed E-state index contributed by atoms with van der Waals surface area (Å²) in [7, 11) is 0. The van der Waals surface area contributed by atoms with Gasteiger partial charge in [0.25, 0.3) is 0 Å². The summed E-state index contributed by atoms with van der Waals surface area (Å²) in [6.45, 7) is 4.13. The summed E-state index contributed by atoms with van der Waals surface area (Å²) in [6.07, 6.45) is 2.00. The van der Waals surface area contributed by atoms with E-state index in [1.54, 1.807) is 11.3 Å². The SMILES string of the molecule is CC1(C)CCC(c2cccs2)=[N+]1O. The van der Waals surface area contributed by atoms with E-state index in [9.17, 15) is 5.21 Å². The van der Waals surface area contributed by atoms with Gasteiger partial charge in [0.15, 0.2) is 0 Å². The summed E-state index contributed by atoms with van der Waals surface area (Å²) >= 11 is 1.69. The number of nitrogens with zero attached hydrogens (tertiary/aromatic N) is 1. The fraction of sp³-hybridized carbons (Fsp3) is 0.500. The van der Waals surface area contributed by atoms with Crippen LogP contribution in [0, 0.1) is 0 Å². The highest BCUT2D eigenvalue weighted by Crippen LogP contribution is 2.27. The number of hydrogen-bond donors (Lipinski definition) is 1. The van der Waals surface area contributed by atoms with E-state index in [1.807, 2.05) is 11.4 Å². The third kappa shape index (κ3) is 1.37. The fourth-order valence-electron chi connectivity index (χ4n) is 1.67. The molecule has 0 bridgehead atoms. The molecule has 0 unspecified atom stereocenters. The van der Waals surface area contributed by atoms with Crippen molar-refractivity contribution in [1.29, 1.82) is 0 Å². The largest absolute Gasteiger partial charge is 0.290 e. The molecule has 0 atom stereocenters. The van der Waals surface area contributed by atoms with Crippen molar-refractivity contribution in [1.82, 2.24) is 0 Å². The zero-order valence-corrected chi connectivity index (χ0v) is 8.77. The van der Waals surface area contributed by atoms with Crippen molar-refractivity contribution in [2.75, 3.05) is 0 Å². The average Bonchev–Trinajstić information content (AvgIpc) is 2.63. The van der Waals surface area contributed by atoms with Gasteiger partial charge in [-0.2, -0.15) is 0 Å². The first-order chi connectivity index (χ1) is 6.11. The van der Waals surface area contributed by atoms with Gasteiger partial charge in [-0.3, -0.25) is 5.21 Å². The Kier molecular flexibility index (Phi) is 1.91. The van der Waals surface area contributed by atoms with Crippen molar-refractivity contribution in [2.24, 2.45) is 0 Å². The summed E-state index contributed by atoms with van der Waals surface area (Å²) in [5, 5.41) is 11.9. The molecule has 1 aromatic heterocycles. The molecule has 0 saturated carbocycles. The van der Waals surface area contributed by atoms with Crippen molar-refractivity contribution < 1.29 is 9.95 Å². The van der Waals surface area contributed by atoms with Crippen LogP contribution in [0.15, 0.2) is 17.5 Å². The van der Waals surface area contributed by atoms with Crippen molar-refractivity contribution in [3.8, 4) is 0 Å². The first kappa shape index (κ1) is 8.75. The summed E-state index contributed by atoms with van der Waals surface area (Å²) < 4.78 is 1.43. The zero-order chi connectivity index (χ0) is 9.47. The van der Waals surface area contributed by atoms with E-state index in [-0.39, 0.29) is 5.54 Å². The maximum atomic E-state index is 9.89. The molecule has 3 heteroatoms. The van der Waals surface area contributed by atoms with Crippen molar-refractivity contribution >= 4 is 17.0 Å². The van der Waals surface area contributed by atoms with E-state index in [1.165, 1.54) is 9.62 Å². The van der Waals surface area contributed by atoms with Gasteiger partial charge in [-0.1, -0.05) is 6.07 Å². The highest BCUT2D eigenvalue weighted by atomic mass is 32.1. The van der Waals surface area contributed by atoms with Gasteiger partial charge in [-0.25, -0.2) is 0 Å².